The molecule has 0 aliphatic carbocycles. The minimum Gasteiger partial charge on any atom is -0.493 e. The van der Waals surface area contributed by atoms with Gasteiger partial charge in [0.25, 0.3) is 5.91 Å². The summed E-state index contributed by atoms with van der Waals surface area (Å²) in [6.07, 6.45) is 12.4. The first kappa shape index (κ1) is 26.6. The lowest BCUT2D eigenvalue weighted by atomic mass is 10.0. The summed E-state index contributed by atoms with van der Waals surface area (Å²) in [6, 6.07) is 6.34. The number of methoxy groups -OCH3 is 2. The second kappa shape index (κ2) is 12.1. The second-order valence-electron chi connectivity index (χ2n) is 9.55. The zero-order valence-electron chi connectivity index (χ0n) is 22.4. The van der Waals surface area contributed by atoms with Crippen LogP contribution in [0.3, 0.4) is 0 Å². The Morgan fingerprint density at radius 3 is 2.43 bits per heavy atom. The molecular weight excluding hydrogens is 438 g/mol. The smallest absolute Gasteiger partial charge is 0.255 e. The number of hydrogen-bond acceptors (Lipinski definition) is 5. The van der Waals surface area contributed by atoms with Gasteiger partial charge in [-0.3, -0.25) is 9.69 Å². The molecule has 6 heteroatoms. The van der Waals surface area contributed by atoms with E-state index >= 15 is 0 Å². The predicted octanol–water partition coefficient (Wildman–Crippen LogP) is 5.45. The molecule has 2 heterocycles. The number of benzene rings is 1. The Bertz CT molecular complexity index is 1030. The van der Waals surface area contributed by atoms with Crippen LogP contribution in [0.4, 0.5) is 0 Å². The molecule has 0 spiro atoms. The normalized spacial score (nSPS) is 18.6. The number of carbonyl (C=O) groups is 1. The van der Waals surface area contributed by atoms with E-state index in [1.54, 1.807) is 20.3 Å². The Balaban J connectivity index is 1.89. The molecular formula is C29H41N3O3. The van der Waals surface area contributed by atoms with Gasteiger partial charge in [-0.25, -0.2) is 0 Å². The summed E-state index contributed by atoms with van der Waals surface area (Å²) in [4.78, 5) is 20.2. The fraction of sp³-hybridized carbons (Fsp3) is 0.483. The van der Waals surface area contributed by atoms with Crippen molar-refractivity contribution >= 4 is 11.5 Å². The molecule has 190 valence electrons. The molecule has 2 aliphatic heterocycles. The van der Waals surface area contributed by atoms with E-state index in [0.29, 0.717) is 17.5 Å². The monoisotopic (exact) mass is 479 g/mol. The molecule has 2 aliphatic rings. The minimum absolute atomic E-state index is 0.0484. The number of allylic oxidation sites excluding steroid dienone is 4. The molecule has 6 nitrogen and oxygen atoms in total. The van der Waals surface area contributed by atoms with E-state index in [1.807, 2.05) is 36.2 Å². The summed E-state index contributed by atoms with van der Waals surface area (Å²) in [5, 5.41) is 0. The van der Waals surface area contributed by atoms with Gasteiger partial charge in [-0.05, 0) is 82.1 Å². The first-order chi connectivity index (χ1) is 16.8. The third-order valence-electron chi connectivity index (χ3n) is 6.89. The van der Waals surface area contributed by atoms with Crippen molar-refractivity contribution < 1.29 is 14.3 Å². The first-order valence-corrected chi connectivity index (χ1v) is 12.5. The Morgan fingerprint density at radius 2 is 1.83 bits per heavy atom. The lowest BCUT2D eigenvalue weighted by molar-refractivity contribution is -0.122. The topological polar surface area (TPSA) is 45.2 Å². The van der Waals surface area contributed by atoms with Gasteiger partial charge >= 0.3 is 0 Å². The van der Waals surface area contributed by atoms with Gasteiger partial charge in [0.1, 0.15) is 0 Å². The number of unbranched alkanes of at least 4 members (excludes halogenated alkanes) is 1. The van der Waals surface area contributed by atoms with E-state index in [2.05, 4.69) is 49.9 Å². The summed E-state index contributed by atoms with van der Waals surface area (Å²) in [6.45, 7) is 8.20. The summed E-state index contributed by atoms with van der Waals surface area (Å²) in [7, 11) is 7.55. The van der Waals surface area contributed by atoms with Crippen molar-refractivity contribution in [2.75, 3.05) is 41.4 Å². The summed E-state index contributed by atoms with van der Waals surface area (Å²) >= 11 is 0. The third kappa shape index (κ3) is 6.37. The molecule has 0 radical (unpaired) electrons. The van der Waals surface area contributed by atoms with E-state index in [1.165, 1.54) is 0 Å². The van der Waals surface area contributed by atoms with Crippen molar-refractivity contribution in [3.63, 3.8) is 0 Å². The Kier molecular flexibility index (Phi) is 9.21. The van der Waals surface area contributed by atoms with Crippen LogP contribution in [-0.4, -0.2) is 68.1 Å². The largest absolute Gasteiger partial charge is 0.493 e. The van der Waals surface area contributed by atoms with Crippen molar-refractivity contribution in [1.82, 2.24) is 14.7 Å². The molecule has 1 fully saturated rings. The predicted molar refractivity (Wildman–Crippen MR) is 143 cm³/mol. The summed E-state index contributed by atoms with van der Waals surface area (Å²) in [5.74, 6) is 1.27. The average molecular weight is 480 g/mol. The lowest BCUT2D eigenvalue weighted by Gasteiger charge is -2.39. The van der Waals surface area contributed by atoms with Crippen molar-refractivity contribution in [3.05, 3.63) is 65.2 Å². The number of rotatable bonds is 8. The van der Waals surface area contributed by atoms with Gasteiger partial charge in [0, 0.05) is 37.1 Å². The molecule has 1 aromatic carbocycles. The van der Waals surface area contributed by atoms with Gasteiger partial charge < -0.3 is 19.3 Å². The van der Waals surface area contributed by atoms with Gasteiger partial charge in [0.15, 0.2) is 11.5 Å². The molecule has 35 heavy (non-hydrogen) atoms. The van der Waals surface area contributed by atoms with Crippen LogP contribution in [0.5, 0.6) is 11.5 Å². The van der Waals surface area contributed by atoms with Gasteiger partial charge in [-0.15, -0.1) is 0 Å². The van der Waals surface area contributed by atoms with E-state index < -0.39 is 0 Å². The zero-order valence-corrected chi connectivity index (χ0v) is 22.4. The Labute approximate surface area is 211 Å². The van der Waals surface area contributed by atoms with Crippen LogP contribution in [0.15, 0.2) is 59.6 Å². The van der Waals surface area contributed by atoms with Gasteiger partial charge in [0.05, 0.1) is 19.9 Å². The SMILES string of the molecule is CCCC=C1C(C)=CC(N2CCC(N(C)C)CC2)=CN1C(=O)C=C(C)c1ccc(OC)c(OC)c1. The molecule has 0 unspecified atom stereocenters. The maximum absolute atomic E-state index is 13.6. The maximum Gasteiger partial charge on any atom is 0.255 e. The molecule has 1 saturated heterocycles. The van der Waals surface area contributed by atoms with Crippen LogP contribution < -0.4 is 9.47 Å². The van der Waals surface area contributed by atoms with Crippen LogP contribution >= 0.6 is 0 Å². The number of nitrogens with zero attached hydrogens (tertiary/aromatic N) is 3. The molecule has 0 atom stereocenters. The molecule has 1 amide bonds. The van der Waals surface area contributed by atoms with Crippen LogP contribution in [0.25, 0.3) is 5.57 Å². The molecule has 0 N–H and O–H groups in total. The second-order valence-corrected chi connectivity index (χ2v) is 9.55. The van der Waals surface area contributed by atoms with E-state index in [9.17, 15) is 4.79 Å². The third-order valence-corrected chi connectivity index (χ3v) is 6.89. The fourth-order valence-corrected chi connectivity index (χ4v) is 4.68. The highest BCUT2D eigenvalue weighted by atomic mass is 16.5. The standard InChI is InChI=1S/C29H41N3O3/c1-8-9-10-26-22(3)17-25(31-15-13-24(14-16-31)30(4)5)20-32(26)29(33)18-21(2)23-11-12-27(34-6)28(19-23)35-7/h10-12,17-20,24H,8-9,13-16H2,1-7H3. The number of hydrogen-bond donors (Lipinski definition) is 0. The van der Waals surface area contributed by atoms with Gasteiger partial charge in [-0.2, -0.15) is 0 Å². The zero-order chi connectivity index (χ0) is 25.5. The molecule has 0 aromatic heterocycles. The van der Waals surface area contributed by atoms with Gasteiger partial charge in [-0.1, -0.05) is 25.5 Å². The molecule has 3 rings (SSSR count). The Morgan fingerprint density at radius 1 is 1.14 bits per heavy atom. The highest BCUT2D eigenvalue weighted by molar-refractivity contribution is 5.97. The van der Waals surface area contributed by atoms with E-state index in [-0.39, 0.29) is 5.91 Å². The molecule has 1 aromatic rings. The van der Waals surface area contributed by atoms with E-state index in [0.717, 1.165) is 66.9 Å². The Hall–Kier alpha value is -2.99. The summed E-state index contributed by atoms with van der Waals surface area (Å²) < 4.78 is 10.8. The van der Waals surface area contributed by atoms with Crippen LogP contribution in [0.2, 0.25) is 0 Å². The molecule has 0 bridgehead atoms. The number of ether oxygens (including phenoxy) is 2. The molecule has 0 saturated carbocycles. The van der Waals surface area contributed by atoms with Crippen molar-refractivity contribution in [1.29, 1.82) is 0 Å². The van der Waals surface area contributed by atoms with Crippen molar-refractivity contribution in [2.24, 2.45) is 0 Å². The lowest BCUT2D eigenvalue weighted by Crippen LogP contribution is -2.42. The summed E-state index contributed by atoms with van der Waals surface area (Å²) in [5.41, 5.74) is 5.00. The quantitative estimate of drug-likeness (QED) is 0.464. The first-order valence-electron chi connectivity index (χ1n) is 12.5. The highest BCUT2D eigenvalue weighted by Gasteiger charge is 2.26. The fourth-order valence-electron chi connectivity index (χ4n) is 4.68. The van der Waals surface area contributed by atoms with Gasteiger partial charge in [0.2, 0.25) is 0 Å². The average Bonchev–Trinajstić information content (AvgIpc) is 2.87. The number of carbonyl (C=O) groups excluding carboxylic acids is 1. The van der Waals surface area contributed by atoms with Crippen LogP contribution in [-0.2, 0) is 4.79 Å². The maximum atomic E-state index is 13.6. The van der Waals surface area contributed by atoms with Crippen molar-refractivity contribution in [3.8, 4) is 11.5 Å². The highest BCUT2D eigenvalue weighted by Crippen LogP contribution is 2.32. The number of amides is 1. The minimum atomic E-state index is -0.0484. The van der Waals surface area contributed by atoms with E-state index in [4.69, 9.17) is 9.47 Å². The number of likely N-dealkylation sites (tertiary alicyclic amines) is 1. The van der Waals surface area contributed by atoms with Crippen molar-refractivity contribution in [2.45, 2.75) is 52.5 Å². The van der Waals surface area contributed by atoms with Crippen LogP contribution in [0, 0.1) is 0 Å². The number of piperidine rings is 1. The van der Waals surface area contributed by atoms with Crippen LogP contribution in [0.1, 0.15) is 52.0 Å².